The highest BCUT2D eigenvalue weighted by Crippen LogP contribution is 2.31. The van der Waals surface area contributed by atoms with Crippen LogP contribution in [0.5, 0.6) is 0 Å². The maximum absolute atomic E-state index is 11.6. The van der Waals surface area contributed by atoms with Gasteiger partial charge in [0.05, 0.1) is 12.1 Å². The van der Waals surface area contributed by atoms with Crippen LogP contribution in [0.3, 0.4) is 0 Å². The van der Waals surface area contributed by atoms with Crippen molar-refractivity contribution >= 4 is 27.5 Å². The largest absolute Gasteiger partial charge is 0.315 e. The van der Waals surface area contributed by atoms with E-state index >= 15 is 0 Å². The lowest BCUT2D eigenvalue weighted by Crippen LogP contribution is -2.20. The molecule has 5 heteroatoms. The van der Waals surface area contributed by atoms with Crippen LogP contribution < -0.4 is 4.90 Å². The lowest BCUT2D eigenvalue weighted by atomic mass is 10.1. The molecule has 0 spiro atoms. The summed E-state index contributed by atoms with van der Waals surface area (Å²) < 4.78 is 0.564. The van der Waals surface area contributed by atoms with Gasteiger partial charge in [-0.15, -0.1) is 0 Å². The van der Waals surface area contributed by atoms with Crippen LogP contribution in [-0.2, 0) is 11.2 Å². The van der Waals surface area contributed by atoms with Crippen molar-refractivity contribution in [2.45, 2.75) is 6.42 Å². The molecule has 3 rings (SSSR count). The smallest absolute Gasteiger partial charge is 0.231 e. The van der Waals surface area contributed by atoms with Crippen molar-refractivity contribution in [3.05, 3.63) is 40.8 Å². The first-order chi connectivity index (χ1) is 8.65. The van der Waals surface area contributed by atoms with Gasteiger partial charge in [-0.05, 0) is 39.7 Å². The van der Waals surface area contributed by atoms with Crippen LogP contribution in [0.15, 0.2) is 35.2 Å². The molecule has 1 aromatic carbocycles. The molecule has 0 unspecified atom stereocenters. The van der Waals surface area contributed by atoms with Gasteiger partial charge in [-0.3, -0.25) is 4.79 Å². The number of carbonyl (C=O) groups excluding carboxylic acids is 1. The number of likely N-dealkylation sites (N-methyl/N-ethyl adjacent to an activating group) is 1. The molecule has 4 nitrogen and oxygen atoms in total. The zero-order valence-corrected chi connectivity index (χ0v) is 11.3. The number of amides is 1. The Morgan fingerprint density at radius 1 is 1.33 bits per heavy atom. The minimum Gasteiger partial charge on any atom is -0.315 e. The summed E-state index contributed by atoms with van der Waals surface area (Å²) in [5, 5.41) is 0. The number of hydrogen-bond acceptors (Lipinski definition) is 3. The summed E-state index contributed by atoms with van der Waals surface area (Å²) in [6.45, 7) is 0. The van der Waals surface area contributed by atoms with Gasteiger partial charge in [-0.2, -0.15) is 0 Å². The molecule has 0 N–H and O–H groups in total. The lowest BCUT2D eigenvalue weighted by molar-refractivity contribution is -0.117. The van der Waals surface area contributed by atoms with Crippen LogP contribution in [0.25, 0.3) is 11.3 Å². The van der Waals surface area contributed by atoms with E-state index in [1.54, 1.807) is 18.1 Å². The van der Waals surface area contributed by atoms with Crippen LogP contribution in [-0.4, -0.2) is 22.9 Å². The van der Waals surface area contributed by atoms with E-state index in [2.05, 4.69) is 25.9 Å². The van der Waals surface area contributed by atoms with Crippen molar-refractivity contribution in [2.75, 3.05) is 11.9 Å². The van der Waals surface area contributed by atoms with E-state index in [-0.39, 0.29) is 5.91 Å². The molecular weight excluding hydrogens is 294 g/mol. The predicted molar refractivity (Wildman–Crippen MR) is 72.3 cm³/mol. The minimum absolute atomic E-state index is 0.131. The third kappa shape index (κ3) is 1.80. The van der Waals surface area contributed by atoms with Gasteiger partial charge in [-0.25, -0.2) is 9.97 Å². The number of benzene rings is 1. The van der Waals surface area contributed by atoms with Crippen LogP contribution in [0, 0.1) is 0 Å². The van der Waals surface area contributed by atoms with Gasteiger partial charge in [0.1, 0.15) is 0 Å². The van der Waals surface area contributed by atoms with Crippen molar-refractivity contribution < 1.29 is 4.79 Å². The molecular formula is C13H10BrN3O. The van der Waals surface area contributed by atoms with Crippen molar-refractivity contribution in [1.82, 2.24) is 9.97 Å². The first-order valence-electron chi connectivity index (χ1n) is 5.53. The first-order valence-corrected chi connectivity index (χ1v) is 6.33. The summed E-state index contributed by atoms with van der Waals surface area (Å²) in [5.41, 5.74) is 3.88. The molecule has 1 aliphatic heterocycles. The van der Waals surface area contributed by atoms with Gasteiger partial charge < -0.3 is 4.90 Å². The number of fused-ring (bicyclic) bond motifs is 1. The SMILES string of the molecule is CN1C(=O)Cc2cc(-c3ccnc(Br)n3)ccc21. The summed E-state index contributed by atoms with van der Waals surface area (Å²) in [7, 11) is 1.80. The lowest BCUT2D eigenvalue weighted by Gasteiger charge is -2.10. The van der Waals surface area contributed by atoms with Crippen molar-refractivity contribution in [3.8, 4) is 11.3 Å². The fourth-order valence-corrected chi connectivity index (χ4v) is 2.43. The summed E-state index contributed by atoms with van der Waals surface area (Å²) in [4.78, 5) is 21.6. The number of rotatable bonds is 1. The van der Waals surface area contributed by atoms with E-state index in [9.17, 15) is 4.79 Å². The molecule has 0 saturated heterocycles. The Bertz CT molecular complexity index is 642. The molecule has 0 radical (unpaired) electrons. The summed E-state index contributed by atoms with van der Waals surface area (Å²) in [6.07, 6.45) is 2.17. The molecule has 1 amide bonds. The molecule has 2 heterocycles. The molecule has 0 aliphatic carbocycles. The van der Waals surface area contributed by atoms with Gasteiger partial charge >= 0.3 is 0 Å². The van der Waals surface area contributed by atoms with E-state index in [0.717, 1.165) is 22.5 Å². The van der Waals surface area contributed by atoms with Gasteiger partial charge in [0.25, 0.3) is 0 Å². The Balaban J connectivity index is 2.07. The molecule has 0 atom stereocenters. The van der Waals surface area contributed by atoms with E-state index < -0.39 is 0 Å². The number of hydrogen-bond donors (Lipinski definition) is 0. The Morgan fingerprint density at radius 3 is 2.94 bits per heavy atom. The monoisotopic (exact) mass is 303 g/mol. The number of anilines is 1. The summed E-state index contributed by atoms with van der Waals surface area (Å²) >= 11 is 3.26. The summed E-state index contributed by atoms with van der Waals surface area (Å²) in [5.74, 6) is 0.131. The van der Waals surface area contributed by atoms with Crippen LogP contribution >= 0.6 is 15.9 Å². The standard InChI is InChI=1S/C13H10BrN3O/c1-17-11-3-2-8(6-9(11)7-12(17)18)10-4-5-15-13(14)16-10/h2-6H,7H2,1H3. The molecule has 2 aromatic rings. The molecule has 0 saturated carbocycles. The maximum Gasteiger partial charge on any atom is 0.231 e. The van der Waals surface area contributed by atoms with Crippen molar-refractivity contribution in [1.29, 1.82) is 0 Å². The van der Waals surface area contributed by atoms with Crippen LogP contribution in [0.2, 0.25) is 0 Å². The van der Waals surface area contributed by atoms with Crippen molar-refractivity contribution in [3.63, 3.8) is 0 Å². The fraction of sp³-hybridized carbons (Fsp3) is 0.154. The number of carbonyl (C=O) groups is 1. The number of aromatic nitrogens is 2. The highest BCUT2D eigenvalue weighted by Gasteiger charge is 2.24. The second-order valence-corrected chi connectivity index (χ2v) is 4.89. The summed E-state index contributed by atoms with van der Waals surface area (Å²) in [6, 6.07) is 7.81. The molecule has 1 aromatic heterocycles. The normalized spacial score (nSPS) is 13.9. The van der Waals surface area contributed by atoms with E-state index in [0.29, 0.717) is 11.2 Å². The molecule has 0 bridgehead atoms. The highest BCUT2D eigenvalue weighted by atomic mass is 79.9. The Hall–Kier alpha value is -1.75. The third-order valence-corrected chi connectivity index (χ3v) is 3.46. The number of halogens is 1. The Labute approximate surface area is 113 Å². The van der Waals surface area contributed by atoms with E-state index in [1.165, 1.54) is 0 Å². The second-order valence-electron chi connectivity index (χ2n) is 4.18. The average molecular weight is 304 g/mol. The third-order valence-electron chi connectivity index (χ3n) is 3.08. The zero-order valence-electron chi connectivity index (χ0n) is 9.72. The van der Waals surface area contributed by atoms with Crippen LogP contribution in [0.4, 0.5) is 5.69 Å². The van der Waals surface area contributed by atoms with Gasteiger partial charge in [0.15, 0.2) is 4.73 Å². The zero-order chi connectivity index (χ0) is 12.7. The minimum atomic E-state index is 0.131. The average Bonchev–Trinajstić information content (AvgIpc) is 2.65. The van der Waals surface area contributed by atoms with Gasteiger partial charge in [0, 0.05) is 24.5 Å². The van der Waals surface area contributed by atoms with E-state index in [1.807, 2.05) is 24.3 Å². The maximum atomic E-state index is 11.6. The van der Waals surface area contributed by atoms with E-state index in [4.69, 9.17) is 0 Å². The van der Waals surface area contributed by atoms with Gasteiger partial charge in [0.2, 0.25) is 5.91 Å². The number of nitrogens with zero attached hydrogens (tertiary/aromatic N) is 3. The first kappa shape index (κ1) is 11.3. The fourth-order valence-electron chi connectivity index (χ4n) is 2.13. The quantitative estimate of drug-likeness (QED) is 0.760. The molecule has 90 valence electrons. The Morgan fingerprint density at radius 2 is 2.17 bits per heavy atom. The second kappa shape index (κ2) is 4.17. The molecule has 1 aliphatic rings. The van der Waals surface area contributed by atoms with Crippen LogP contribution in [0.1, 0.15) is 5.56 Å². The molecule has 18 heavy (non-hydrogen) atoms. The Kier molecular flexibility index (Phi) is 2.63. The van der Waals surface area contributed by atoms with Gasteiger partial charge in [-0.1, -0.05) is 6.07 Å². The highest BCUT2D eigenvalue weighted by molar-refractivity contribution is 9.10. The topological polar surface area (TPSA) is 46.1 Å². The predicted octanol–water partition coefficient (Wildman–Crippen LogP) is 2.43. The van der Waals surface area contributed by atoms with Crippen molar-refractivity contribution in [2.24, 2.45) is 0 Å². The molecule has 0 fully saturated rings.